The number of aliphatic hydroxyl groups excluding tert-OH is 1. The van der Waals surface area contributed by atoms with Crippen LogP contribution in [0.5, 0.6) is 0 Å². The number of alkyl carbamates (subject to hydrolysis) is 1. The minimum absolute atomic E-state index is 0.193. The number of carbonyl (C=O) groups is 4. The third-order valence-electron chi connectivity index (χ3n) is 4.96. The van der Waals surface area contributed by atoms with Gasteiger partial charge >= 0.3 is 12.1 Å². The van der Waals surface area contributed by atoms with Crippen LogP contribution in [-0.4, -0.2) is 64.4 Å². The summed E-state index contributed by atoms with van der Waals surface area (Å²) in [6.45, 7) is 8.53. The standard InChI is InChI=1S/C20H35N3O7/c1-11(22-19(29)30-20(3,4)5)16(25)21-10-13-6-8-14(9-7-13)17(26)23-15(12(2)24)18(27)28/h11-15,24H,6-10H2,1-5H3,(H,21,25)(H,22,29)(H,23,26)(H,27,28)/t11-,12?,13?,14?,15-/m1/s1. The fourth-order valence-corrected chi connectivity index (χ4v) is 3.24. The van der Waals surface area contributed by atoms with Crippen molar-refractivity contribution in [1.82, 2.24) is 16.0 Å². The molecule has 1 saturated carbocycles. The summed E-state index contributed by atoms with van der Waals surface area (Å²) >= 11 is 0. The van der Waals surface area contributed by atoms with E-state index in [0.29, 0.717) is 32.2 Å². The van der Waals surface area contributed by atoms with E-state index < -0.39 is 35.9 Å². The van der Waals surface area contributed by atoms with Crippen LogP contribution in [0.3, 0.4) is 0 Å². The number of rotatable bonds is 8. The highest BCUT2D eigenvalue weighted by atomic mass is 16.6. The van der Waals surface area contributed by atoms with Crippen molar-refractivity contribution in [2.45, 2.75) is 84.1 Å². The van der Waals surface area contributed by atoms with Crippen molar-refractivity contribution in [2.75, 3.05) is 6.54 Å². The zero-order valence-corrected chi connectivity index (χ0v) is 18.4. The van der Waals surface area contributed by atoms with Crippen LogP contribution in [0.2, 0.25) is 0 Å². The molecule has 1 aliphatic carbocycles. The first-order chi connectivity index (χ1) is 13.8. The Morgan fingerprint density at radius 3 is 2.07 bits per heavy atom. The van der Waals surface area contributed by atoms with Gasteiger partial charge in [0.05, 0.1) is 6.10 Å². The van der Waals surface area contributed by atoms with Crippen molar-refractivity contribution in [3.63, 3.8) is 0 Å². The van der Waals surface area contributed by atoms with Gasteiger partial charge in [-0.25, -0.2) is 9.59 Å². The molecule has 1 aliphatic rings. The van der Waals surface area contributed by atoms with Crippen molar-refractivity contribution in [3.8, 4) is 0 Å². The normalized spacial score (nSPS) is 22.2. The molecule has 0 saturated heterocycles. The molecule has 30 heavy (non-hydrogen) atoms. The number of carbonyl (C=O) groups excluding carboxylic acids is 3. The topological polar surface area (TPSA) is 154 Å². The van der Waals surface area contributed by atoms with Crippen molar-refractivity contribution in [2.24, 2.45) is 11.8 Å². The number of carboxylic acid groups (broad SMARTS) is 1. The molecule has 0 aromatic carbocycles. The molecule has 0 spiro atoms. The Balaban J connectivity index is 2.37. The second-order valence-corrected chi connectivity index (χ2v) is 8.90. The van der Waals surface area contributed by atoms with Crippen LogP contribution in [0, 0.1) is 11.8 Å². The largest absolute Gasteiger partial charge is 0.480 e. The van der Waals surface area contributed by atoms with Gasteiger partial charge in [0, 0.05) is 12.5 Å². The predicted octanol–water partition coefficient (Wildman–Crippen LogP) is 0.772. The van der Waals surface area contributed by atoms with Gasteiger partial charge in [-0.1, -0.05) is 0 Å². The number of aliphatic hydroxyl groups is 1. The molecule has 0 heterocycles. The number of amides is 3. The lowest BCUT2D eigenvalue weighted by atomic mass is 9.81. The average molecular weight is 430 g/mol. The lowest BCUT2D eigenvalue weighted by Gasteiger charge is -2.29. The Kier molecular flexibility index (Phi) is 9.54. The maximum absolute atomic E-state index is 12.3. The fourth-order valence-electron chi connectivity index (χ4n) is 3.24. The summed E-state index contributed by atoms with van der Waals surface area (Å²) in [7, 11) is 0. The molecule has 172 valence electrons. The van der Waals surface area contributed by atoms with Crippen molar-refractivity contribution < 1.29 is 34.1 Å². The molecule has 10 nitrogen and oxygen atoms in total. The van der Waals surface area contributed by atoms with Gasteiger partial charge in [0.15, 0.2) is 6.04 Å². The Morgan fingerprint density at radius 2 is 1.60 bits per heavy atom. The van der Waals surface area contributed by atoms with E-state index in [9.17, 15) is 24.3 Å². The summed E-state index contributed by atoms with van der Waals surface area (Å²) < 4.78 is 5.12. The summed E-state index contributed by atoms with van der Waals surface area (Å²) in [5.74, 6) is -2.09. The van der Waals surface area contributed by atoms with E-state index in [0.717, 1.165) is 0 Å². The maximum atomic E-state index is 12.3. The SMILES string of the molecule is CC(O)[C@@H](NC(=O)C1CCC(CNC(=O)[C@@H](C)NC(=O)OC(C)(C)C)CC1)C(=O)O. The predicted molar refractivity (Wildman–Crippen MR) is 109 cm³/mol. The molecular weight excluding hydrogens is 394 g/mol. The molecule has 3 amide bonds. The second-order valence-electron chi connectivity index (χ2n) is 8.90. The summed E-state index contributed by atoms with van der Waals surface area (Å²) in [6, 6.07) is -2.07. The van der Waals surface area contributed by atoms with Gasteiger partial charge in [0.2, 0.25) is 11.8 Å². The molecule has 1 unspecified atom stereocenters. The first-order valence-electron chi connectivity index (χ1n) is 10.3. The quantitative estimate of drug-likeness (QED) is 0.382. The molecule has 5 N–H and O–H groups in total. The number of ether oxygens (including phenoxy) is 1. The maximum Gasteiger partial charge on any atom is 0.408 e. The first kappa shape index (κ1) is 25.7. The minimum atomic E-state index is -1.33. The lowest BCUT2D eigenvalue weighted by molar-refractivity contribution is -0.145. The molecule has 0 aromatic rings. The van der Waals surface area contributed by atoms with Gasteiger partial charge in [-0.05, 0) is 66.2 Å². The fraction of sp³-hybridized carbons (Fsp3) is 0.800. The number of carboxylic acids is 1. The van der Waals surface area contributed by atoms with Crippen LogP contribution in [0.15, 0.2) is 0 Å². The van der Waals surface area contributed by atoms with Crippen LogP contribution in [0.4, 0.5) is 4.79 Å². The van der Waals surface area contributed by atoms with Crippen molar-refractivity contribution in [3.05, 3.63) is 0 Å². The first-order valence-corrected chi connectivity index (χ1v) is 10.3. The molecule has 1 rings (SSSR count). The third-order valence-corrected chi connectivity index (χ3v) is 4.96. The van der Waals surface area contributed by atoms with Gasteiger partial charge < -0.3 is 30.9 Å². The Labute approximate surface area is 177 Å². The Morgan fingerprint density at radius 1 is 1.03 bits per heavy atom. The minimum Gasteiger partial charge on any atom is -0.480 e. The monoisotopic (exact) mass is 429 g/mol. The smallest absolute Gasteiger partial charge is 0.408 e. The van der Waals surface area contributed by atoms with E-state index in [1.807, 2.05) is 0 Å². The molecule has 0 aliphatic heterocycles. The van der Waals surface area contributed by atoms with Crippen molar-refractivity contribution >= 4 is 23.9 Å². The Bertz CT molecular complexity index is 622. The molecule has 10 heteroatoms. The number of aliphatic carboxylic acids is 1. The van der Waals surface area contributed by atoms with Gasteiger partial charge in [0.25, 0.3) is 0 Å². The summed E-state index contributed by atoms with van der Waals surface area (Å²) in [5.41, 5.74) is -0.648. The third kappa shape index (κ3) is 8.98. The highest BCUT2D eigenvalue weighted by molar-refractivity contribution is 5.86. The van der Waals surface area contributed by atoms with Crippen molar-refractivity contribution in [1.29, 1.82) is 0 Å². The van der Waals surface area contributed by atoms with E-state index in [2.05, 4.69) is 16.0 Å². The molecule has 0 bridgehead atoms. The summed E-state index contributed by atoms with van der Waals surface area (Å²) in [4.78, 5) is 47.3. The highest BCUT2D eigenvalue weighted by Gasteiger charge is 2.31. The zero-order chi connectivity index (χ0) is 23.1. The van der Waals surface area contributed by atoms with Gasteiger partial charge in [-0.3, -0.25) is 9.59 Å². The van der Waals surface area contributed by atoms with E-state index in [1.54, 1.807) is 27.7 Å². The summed E-state index contributed by atoms with van der Waals surface area (Å²) in [5, 5.41) is 26.2. The van der Waals surface area contributed by atoms with E-state index in [4.69, 9.17) is 9.84 Å². The second kappa shape index (κ2) is 11.1. The molecule has 0 aromatic heterocycles. The van der Waals surface area contributed by atoms with E-state index in [-0.39, 0.29) is 23.7 Å². The molecular formula is C20H35N3O7. The summed E-state index contributed by atoms with van der Waals surface area (Å²) in [6.07, 6.45) is 0.717. The highest BCUT2D eigenvalue weighted by Crippen LogP contribution is 2.28. The van der Waals surface area contributed by atoms with Gasteiger partial charge in [-0.2, -0.15) is 0 Å². The van der Waals surface area contributed by atoms with Crippen LogP contribution in [0.25, 0.3) is 0 Å². The number of hydrogen-bond donors (Lipinski definition) is 5. The number of nitrogens with one attached hydrogen (secondary N) is 3. The van der Waals surface area contributed by atoms with Crippen LogP contribution < -0.4 is 16.0 Å². The lowest BCUT2D eigenvalue weighted by Crippen LogP contribution is -2.50. The molecule has 0 radical (unpaired) electrons. The molecule has 1 fully saturated rings. The van der Waals surface area contributed by atoms with Gasteiger partial charge in [-0.15, -0.1) is 0 Å². The Hall–Kier alpha value is -2.36. The van der Waals surface area contributed by atoms with Crippen LogP contribution in [-0.2, 0) is 19.1 Å². The zero-order valence-electron chi connectivity index (χ0n) is 18.4. The molecule has 3 atom stereocenters. The van der Waals surface area contributed by atoms with E-state index in [1.165, 1.54) is 6.92 Å². The van der Waals surface area contributed by atoms with Crippen LogP contribution in [0.1, 0.15) is 60.3 Å². The average Bonchev–Trinajstić information content (AvgIpc) is 2.62. The number of hydrogen-bond acceptors (Lipinski definition) is 6. The van der Waals surface area contributed by atoms with Crippen LogP contribution >= 0.6 is 0 Å². The van der Waals surface area contributed by atoms with Gasteiger partial charge in [0.1, 0.15) is 11.6 Å². The van der Waals surface area contributed by atoms with E-state index >= 15 is 0 Å².